The number of pyridine rings is 1. The topological polar surface area (TPSA) is 43.4 Å². The number of methoxy groups -OCH3 is 2. The number of benzene rings is 1. The molecule has 4 heteroatoms. The third kappa shape index (κ3) is 3.16. The molecule has 0 bridgehead atoms. The molecule has 1 N–H and O–H groups in total. The summed E-state index contributed by atoms with van der Waals surface area (Å²) in [5.41, 5.74) is 4.32. The van der Waals surface area contributed by atoms with Gasteiger partial charge in [0.1, 0.15) is 11.5 Å². The van der Waals surface area contributed by atoms with Gasteiger partial charge in [-0.05, 0) is 50.2 Å². The normalized spacial score (nSPS) is 12.0. The maximum atomic E-state index is 5.49. The Labute approximate surface area is 126 Å². The first-order valence-corrected chi connectivity index (χ1v) is 6.93. The Morgan fingerprint density at radius 3 is 2.43 bits per heavy atom. The molecule has 1 aromatic heterocycles. The Balaban J connectivity index is 2.54. The molecule has 112 valence electrons. The van der Waals surface area contributed by atoms with E-state index in [0.29, 0.717) is 0 Å². The van der Waals surface area contributed by atoms with E-state index in [1.807, 2.05) is 38.4 Å². The summed E-state index contributed by atoms with van der Waals surface area (Å²) in [5, 5.41) is 3.32. The molecule has 2 aromatic rings. The standard InChI is InChI=1S/C17H22N2O2/c1-11-8-12(2)16(19-10-11)17(18-3)14-9-13(20-4)6-7-15(14)21-5/h6-10,17-18H,1-5H3. The minimum absolute atomic E-state index is 0.0457. The maximum absolute atomic E-state index is 5.49. The van der Waals surface area contributed by atoms with E-state index < -0.39 is 0 Å². The van der Waals surface area contributed by atoms with Gasteiger partial charge in [0.2, 0.25) is 0 Å². The Kier molecular flexibility index (Phi) is 4.81. The van der Waals surface area contributed by atoms with E-state index in [1.54, 1.807) is 14.2 Å². The van der Waals surface area contributed by atoms with Crippen LogP contribution in [0.15, 0.2) is 30.5 Å². The number of hydrogen-bond acceptors (Lipinski definition) is 4. The van der Waals surface area contributed by atoms with Crippen molar-refractivity contribution in [1.29, 1.82) is 0 Å². The molecule has 0 radical (unpaired) electrons. The summed E-state index contributed by atoms with van der Waals surface area (Å²) in [7, 11) is 5.26. The molecule has 0 fully saturated rings. The molecule has 0 aliphatic heterocycles. The largest absolute Gasteiger partial charge is 0.497 e. The minimum atomic E-state index is -0.0457. The van der Waals surface area contributed by atoms with Crippen molar-refractivity contribution in [1.82, 2.24) is 10.3 Å². The Bertz CT molecular complexity index is 626. The quantitative estimate of drug-likeness (QED) is 0.917. The lowest BCUT2D eigenvalue weighted by Gasteiger charge is -2.21. The Hall–Kier alpha value is -2.07. The van der Waals surface area contributed by atoms with Crippen LogP contribution in [0.25, 0.3) is 0 Å². The van der Waals surface area contributed by atoms with Crippen LogP contribution in [0, 0.1) is 13.8 Å². The van der Waals surface area contributed by atoms with Crippen LogP contribution in [0.2, 0.25) is 0 Å². The summed E-state index contributed by atoms with van der Waals surface area (Å²) in [6.07, 6.45) is 1.89. The van der Waals surface area contributed by atoms with Crippen LogP contribution >= 0.6 is 0 Å². The fourth-order valence-electron chi connectivity index (χ4n) is 2.53. The van der Waals surface area contributed by atoms with Crippen molar-refractivity contribution in [2.24, 2.45) is 0 Å². The number of ether oxygens (including phenoxy) is 2. The summed E-state index contributed by atoms with van der Waals surface area (Å²) in [6.45, 7) is 4.12. The van der Waals surface area contributed by atoms with Crippen molar-refractivity contribution in [2.75, 3.05) is 21.3 Å². The first-order valence-electron chi connectivity index (χ1n) is 6.93. The molecule has 0 aliphatic carbocycles. The second-order valence-electron chi connectivity index (χ2n) is 5.04. The molecule has 0 saturated heterocycles. The number of nitrogens with one attached hydrogen (secondary N) is 1. The SMILES string of the molecule is CNC(c1cc(OC)ccc1OC)c1ncc(C)cc1C. The number of hydrogen-bond donors (Lipinski definition) is 1. The average Bonchev–Trinajstić information content (AvgIpc) is 2.49. The van der Waals surface area contributed by atoms with Gasteiger partial charge < -0.3 is 14.8 Å². The van der Waals surface area contributed by atoms with E-state index in [2.05, 4.69) is 23.3 Å². The minimum Gasteiger partial charge on any atom is -0.497 e. The van der Waals surface area contributed by atoms with Crippen LogP contribution in [0.3, 0.4) is 0 Å². The fraction of sp³-hybridized carbons (Fsp3) is 0.353. The maximum Gasteiger partial charge on any atom is 0.124 e. The molecule has 1 heterocycles. The summed E-state index contributed by atoms with van der Waals surface area (Å²) in [5.74, 6) is 1.62. The molecule has 0 amide bonds. The third-order valence-corrected chi connectivity index (χ3v) is 3.57. The molecule has 1 atom stereocenters. The highest BCUT2D eigenvalue weighted by molar-refractivity contribution is 5.46. The molecule has 0 aliphatic rings. The molecule has 1 aromatic carbocycles. The van der Waals surface area contributed by atoms with Crippen LogP contribution in [-0.4, -0.2) is 26.3 Å². The van der Waals surface area contributed by atoms with Gasteiger partial charge >= 0.3 is 0 Å². The number of aromatic nitrogens is 1. The summed E-state index contributed by atoms with van der Waals surface area (Å²) in [6, 6.07) is 7.89. The number of nitrogens with zero attached hydrogens (tertiary/aromatic N) is 1. The highest BCUT2D eigenvalue weighted by atomic mass is 16.5. The van der Waals surface area contributed by atoms with Gasteiger partial charge in [-0.25, -0.2) is 0 Å². The predicted octanol–water partition coefficient (Wildman–Crippen LogP) is 3.02. The van der Waals surface area contributed by atoms with Gasteiger partial charge in [-0.2, -0.15) is 0 Å². The van der Waals surface area contributed by atoms with Crippen molar-refractivity contribution >= 4 is 0 Å². The van der Waals surface area contributed by atoms with Crippen molar-refractivity contribution < 1.29 is 9.47 Å². The molecular weight excluding hydrogens is 264 g/mol. The van der Waals surface area contributed by atoms with Crippen LogP contribution in [-0.2, 0) is 0 Å². The second-order valence-corrected chi connectivity index (χ2v) is 5.04. The fourth-order valence-corrected chi connectivity index (χ4v) is 2.53. The van der Waals surface area contributed by atoms with Crippen molar-refractivity contribution in [3.8, 4) is 11.5 Å². The van der Waals surface area contributed by atoms with Crippen molar-refractivity contribution in [3.63, 3.8) is 0 Å². The van der Waals surface area contributed by atoms with Crippen LogP contribution in [0.4, 0.5) is 0 Å². The summed E-state index contributed by atoms with van der Waals surface area (Å²) in [4.78, 5) is 4.60. The molecule has 1 unspecified atom stereocenters. The monoisotopic (exact) mass is 286 g/mol. The van der Waals surface area contributed by atoms with Gasteiger partial charge in [0.25, 0.3) is 0 Å². The van der Waals surface area contributed by atoms with E-state index in [1.165, 1.54) is 0 Å². The van der Waals surface area contributed by atoms with E-state index >= 15 is 0 Å². The second kappa shape index (κ2) is 6.59. The lowest BCUT2D eigenvalue weighted by atomic mass is 9.98. The van der Waals surface area contributed by atoms with Crippen LogP contribution in [0.5, 0.6) is 11.5 Å². The lowest BCUT2D eigenvalue weighted by Crippen LogP contribution is -2.21. The highest BCUT2D eigenvalue weighted by Gasteiger charge is 2.20. The summed E-state index contributed by atoms with van der Waals surface area (Å²) >= 11 is 0. The zero-order valence-corrected chi connectivity index (χ0v) is 13.2. The van der Waals surface area contributed by atoms with E-state index in [4.69, 9.17) is 9.47 Å². The Morgan fingerprint density at radius 1 is 1.10 bits per heavy atom. The van der Waals surface area contributed by atoms with Gasteiger partial charge in [-0.15, -0.1) is 0 Å². The lowest BCUT2D eigenvalue weighted by molar-refractivity contribution is 0.394. The van der Waals surface area contributed by atoms with Crippen LogP contribution < -0.4 is 14.8 Å². The van der Waals surface area contributed by atoms with E-state index in [0.717, 1.165) is 33.9 Å². The first kappa shape index (κ1) is 15.3. The van der Waals surface area contributed by atoms with Gasteiger partial charge in [0, 0.05) is 11.8 Å². The van der Waals surface area contributed by atoms with E-state index in [-0.39, 0.29) is 6.04 Å². The van der Waals surface area contributed by atoms with Crippen LogP contribution in [0.1, 0.15) is 28.4 Å². The van der Waals surface area contributed by atoms with Crippen molar-refractivity contribution in [2.45, 2.75) is 19.9 Å². The highest BCUT2D eigenvalue weighted by Crippen LogP contribution is 2.33. The number of aryl methyl sites for hydroxylation is 2. The van der Waals surface area contributed by atoms with E-state index in [9.17, 15) is 0 Å². The zero-order valence-electron chi connectivity index (χ0n) is 13.2. The molecule has 21 heavy (non-hydrogen) atoms. The third-order valence-electron chi connectivity index (χ3n) is 3.57. The molecule has 0 spiro atoms. The summed E-state index contributed by atoms with van der Waals surface area (Å²) < 4.78 is 10.8. The van der Waals surface area contributed by atoms with Gasteiger partial charge in [-0.3, -0.25) is 4.98 Å². The first-order chi connectivity index (χ1) is 10.1. The van der Waals surface area contributed by atoms with Gasteiger partial charge in [0.05, 0.1) is 26.0 Å². The average molecular weight is 286 g/mol. The molecule has 4 nitrogen and oxygen atoms in total. The van der Waals surface area contributed by atoms with Crippen molar-refractivity contribution in [3.05, 3.63) is 52.8 Å². The Morgan fingerprint density at radius 2 is 1.86 bits per heavy atom. The van der Waals surface area contributed by atoms with Gasteiger partial charge in [-0.1, -0.05) is 6.07 Å². The molecule has 2 rings (SSSR count). The predicted molar refractivity (Wildman–Crippen MR) is 84.2 cm³/mol. The smallest absolute Gasteiger partial charge is 0.124 e. The number of rotatable bonds is 5. The molecule has 0 saturated carbocycles. The van der Waals surface area contributed by atoms with Gasteiger partial charge in [0.15, 0.2) is 0 Å². The zero-order chi connectivity index (χ0) is 15.4. The molecular formula is C17H22N2O2.